The molecule has 4 amide bonds. The molecule has 40 heavy (non-hydrogen) atoms. The van der Waals surface area contributed by atoms with Crippen LogP contribution < -0.4 is 16.0 Å². The topological polar surface area (TPSA) is 129 Å². The first-order valence-electron chi connectivity index (χ1n) is 13.6. The van der Waals surface area contributed by atoms with E-state index in [4.69, 9.17) is 9.47 Å². The first-order valence-corrected chi connectivity index (χ1v) is 13.6. The summed E-state index contributed by atoms with van der Waals surface area (Å²) in [4.78, 5) is 55.2. The largest absolute Gasteiger partial charge is 0.377 e. The number of carbonyl (C=O) groups excluding carboxylic acids is 4. The number of hydrogen-bond donors (Lipinski definition) is 3. The fourth-order valence-corrected chi connectivity index (χ4v) is 4.82. The second-order valence-corrected chi connectivity index (χ2v) is 9.69. The van der Waals surface area contributed by atoms with Crippen molar-refractivity contribution in [1.82, 2.24) is 25.8 Å². The van der Waals surface area contributed by atoms with Gasteiger partial charge < -0.3 is 35.2 Å². The van der Waals surface area contributed by atoms with Crippen molar-refractivity contribution in [2.24, 2.45) is 0 Å². The Kier molecular flexibility index (Phi) is 11.0. The van der Waals surface area contributed by atoms with Crippen molar-refractivity contribution in [2.45, 2.75) is 25.0 Å². The molecule has 2 heterocycles. The first kappa shape index (κ1) is 29.2. The van der Waals surface area contributed by atoms with Gasteiger partial charge in [-0.3, -0.25) is 19.2 Å². The summed E-state index contributed by atoms with van der Waals surface area (Å²) in [6.45, 7) is 1.82. The highest BCUT2D eigenvalue weighted by atomic mass is 16.5. The number of hydrogen-bond acceptors (Lipinski definition) is 7. The molecule has 2 aromatic rings. The Bertz CT molecular complexity index is 1130. The second-order valence-electron chi connectivity index (χ2n) is 9.69. The zero-order chi connectivity index (χ0) is 28.2. The highest BCUT2D eigenvalue weighted by molar-refractivity contribution is 5.94. The quantitative estimate of drug-likeness (QED) is 0.447. The van der Waals surface area contributed by atoms with Crippen LogP contribution in [0, 0.1) is 0 Å². The van der Waals surface area contributed by atoms with Gasteiger partial charge in [-0.1, -0.05) is 48.5 Å². The lowest BCUT2D eigenvalue weighted by Crippen LogP contribution is -2.56. The maximum atomic E-state index is 13.5. The summed E-state index contributed by atoms with van der Waals surface area (Å²) in [5, 5.41) is 9.12. The van der Waals surface area contributed by atoms with Crippen molar-refractivity contribution < 1.29 is 28.7 Å². The van der Waals surface area contributed by atoms with E-state index in [-0.39, 0.29) is 69.1 Å². The molecular formula is C29H37N5O6. The summed E-state index contributed by atoms with van der Waals surface area (Å²) in [5.74, 6) is -1.25. The molecule has 3 N–H and O–H groups in total. The molecule has 2 saturated heterocycles. The first-order chi connectivity index (χ1) is 19.5. The summed E-state index contributed by atoms with van der Waals surface area (Å²) in [5.41, 5.74) is 1.58. The summed E-state index contributed by atoms with van der Waals surface area (Å²) in [6.07, 6.45) is 0.595. The van der Waals surface area contributed by atoms with Gasteiger partial charge in [-0.2, -0.15) is 0 Å². The summed E-state index contributed by atoms with van der Waals surface area (Å²) in [6, 6.07) is 17.6. The molecule has 0 radical (unpaired) electrons. The molecule has 214 valence electrons. The maximum absolute atomic E-state index is 13.5. The number of fused-ring (bicyclic) bond motifs is 1. The van der Waals surface area contributed by atoms with Crippen molar-refractivity contribution in [3.8, 4) is 0 Å². The molecule has 0 aliphatic carbocycles. The highest BCUT2D eigenvalue weighted by Crippen LogP contribution is 2.20. The molecule has 11 heteroatoms. The van der Waals surface area contributed by atoms with Gasteiger partial charge in [0.05, 0.1) is 26.4 Å². The van der Waals surface area contributed by atoms with E-state index in [1.807, 2.05) is 36.4 Å². The van der Waals surface area contributed by atoms with E-state index < -0.39 is 6.04 Å². The molecule has 11 nitrogen and oxygen atoms in total. The van der Waals surface area contributed by atoms with E-state index in [9.17, 15) is 19.2 Å². The fraction of sp³-hybridized carbons (Fsp3) is 0.448. The normalized spacial score (nSPS) is 21.2. The lowest BCUT2D eigenvalue weighted by atomic mass is 10.1. The van der Waals surface area contributed by atoms with Crippen LogP contribution in [0.1, 0.15) is 22.3 Å². The third-order valence-corrected chi connectivity index (χ3v) is 6.92. The molecule has 0 saturated carbocycles. The Hall–Kier alpha value is -3.80. The van der Waals surface area contributed by atoms with Crippen LogP contribution in [-0.2, 0) is 30.4 Å². The van der Waals surface area contributed by atoms with E-state index in [1.165, 1.54) is 4.90 Å². The summed E-state index contributed by atoms with van der Waals surface area (Å²) >= 11 is 0. The minimum absolute atomic E-state index is 0.114. The Balaban J connectivity index is 1.44. The molecular weight excluding hydrogens is 514 g/mol. The van der Waals surface area contributed by atoms with Gasteiger partial charge in [0.1, 0.15) is 12.6 Å². The van der Waals surface area contributed by atoms with Crippen LogP contribution in [0.15, 0.2) is 60.7 Å². The molecule has 2 atom stereocenters. The average Bonchev–Trinajstić information content (AvgIpc) is 3.41. The molecule has 0 bridgehead atoms. The van der Waals surface area contributed by atoms with E-state index in [1.54, 1.807) is 29.2 Å². The molecule has 0 unspecified atom stereocenters. The number of rotatable bonds is 7. The Morgan fingerprint density at radius 1 is 0.925 bits per heavy atom. The molecule has 2 aliphatic heterocycles. The van der Waals surface area contributed by atoms with Crippen LogP contribution in [0.25, 0.3) is 0 Å². The lowest BCUT2D eigenvalue weighted by molar-refractivity contribution is -0.145. The van der Waals surface area contributed by atoms with Crippen molar-refractivity contribution in [3.63, 3.8) is 0 Å². The molecule has 0 spiro atoms. The van der Waals surface area contributed by atoms with Gasteiger partial charge in [-0.25, -0.2) is 0 Å². The Labute approximate surface area is 234 Å². The third-order valence-electron chi connectivity index (χ3n) is 6.92. The summed E-state index contributed by atoms with van der Waals surface area (Å²) in [7, 11) is 0. The van der Waals surface area contributed by atoms with Gasteiger partial charge in [0.25, 0.3) is 5.91 Å². The molecule has 4 rings (SSSR count). The zero-order valence-corrected chi connectivity index (χ0v) is 22.6. The number of nitrogens with zero attached hydrogens (tertiary/aromatic N) is 2. The van der Waals surface area contributed by atoms with Crippen LogP contribution in [0.3, 0.4) is 0 Å². The fourth-order valence-electron chi connectivity index (χ4n) is 4.82. The molecule has 0 aromatic heterocycles. The monoisotopic (exact) mass is 551 g/mol. The van der Waals surface area contributed by atoms with Crippen molar-refractivity contribution in [3.05, 3.63) is 71.8 Å². The number of ether oxygens (including phenoxy) is 2. The van der Waals surface area contributed by atoms with Crippen molar-refractivity contribution in [2.75, 3.05) is 59.2 Å². The predicted octanol–water partition coefficient (Wildman–Crippen LogP) is 0.167. The van der Waals surface area contributed by atoms with Gasteiger partial charge in [0.15, 0.2) is 0 Å². The number of carbonyl (C=O) groups is 4. The van der Waals surface area contributed by atoms with Crippen molar-refractivity contribution >= 4 is 23.6 Å². The van der Waals surface area contributed by atoms with Gasteiger partial charge in [0, 0.05) is 44.3 Å². The standard InChI is InChI=1S/C29H37N5O6/c35-25-20-33(15-12-30-28(37)23-9-5-2-6-10-23)26(36)21-40-18-17-39-16-13-31-29(38)27-24(11-14-34(25)27)32-19-22-7-3-1-4-8-22/h1-10,24,27,32H,11-21H2,(H,30,37)(H,31,38)/t24-,27+/m1/s1. The van der Waals surface area contributed by atoms with Gasteiger partial charge in [-0.15, -0.1) is 0 Å². The maximum Gasteiger partial charge on any atom is 0.251 e. The molecule has 2 aliphatic rings. The summed E-state index contributed by atoms with van der Waals surface area (Å²) < 4.78 is 11.0. The zero-order valence-electron chi connectivity index (χ0n) is 22.6. The smallest absolute Gasteiger partial charge is 0.251 e. The highest BCUT2D eigenvalue weighted by Gasteiger charge is 2.42. The second kappa shape index (κ2) is 15.1. The molecule has 2 fully saturated rings. The predicted molar refractivity (Wildman–Crippen MR) is 147 cm³/mol. The minimum atomic E-state index is -0.729. The van der Waals surface area contributed by atoms with Crippen LogP contribution in [-0.4, -0.2) is 105 Å². The number of nitrogens with one attached hydrogen (secondary N) is 3. The van der Waals surface area contributed by atoms with Gasteiger partial charge in [0.2, 0.25) is 17.7 Å². The minimum Gasteiger partial charge on any atom is -0.377 e. The van der Waals surface area contributed by atoms with Crippen LogP contribution in [0.2, 0.25) is 0 Å². The Morgan fingerprint density at radius 3 is 2.42 bits per heavy atom. The third kappa shape index (κ3) is 8.35. The van der Waals surface area contributed by atoms with Crippen LogP contribution in [0.5, 0.6) is 0 Å². The number of benzene rings is 2. The Morgan fingerprint density at radius 2 is 1.65 bits per heavy atom. The van der Waals surface area contributed by atoms with Crippen molar-refractivity contribution in [1.29, 1.82) is 0 Å². The van der Waals surface area contributed by atoms with Gasteiger partial charge >= 0.3 is 0 Å². The van der Waals surface area contributed by atoms with Gasteiger partial charge in [-0.05, 0) is 24.1 Å². The van der Waals surface area contributed by atoms with E-state index in [0.29, 0.717) is 38.2 Å². The van der Waals surface area contributed by atoms with E-state index >= 15 is 0 Å². The average molecular weight is 552 g/mol. The van der Waals surface area contributed by atoms with Crippen LogP contribution in [0.4, 0.5) is 0 Å². The van der Waals surface area contributed by atoms with E-state index in [2.05, 4.69) is 16.0 Å². The number of amides is 4. The van der Waals surface area contributed by atoms with Crippen LogP contribution >= 0.6 is 0 Å². The van der Waals surface area contributed by atoms with E-state index in [0.717, 1.165) is 5.56 Å². The molecule has 2 aromatic carbocycles. The lowest BCUT2D eigenvalue weighted by Gasteiger charge is -2.30. The SMILES string of the molecule is O=C(NCCN1CC(=O)N2CC[C@@H](NCc3ccccc3)[C@H]2C(=O)NCCOCCOCC1=O)c1ccccc1.